The molecule has 0 heterocycles. The lowest BCUT2D eigenvalue weighted by molar-refractivity contribution is -0.116. The van der Waals surface area contributed by atoms with Crippen LogP contribution in [0.15, 0.2) is 24.3 Å². The second kappa shape index (κ2) is 7.92. The molecule has 0 saturated carbocycles. The lowest BCUT2D eigenvalue weighted by Crippen LogP contribution is -2.22. The first kappa shape index (κ1) is 15.7. The minimum absolute atomic E-state index is 0.0273. The average molecular weight is 286 g/mol. The minimum Gasteiger partial charge on any atom is -0.393 e. The topological polar surface area (TPSA) is 49.3 Å². The number of hydrogen-bond donors (Lipinski definition) is 2. The zero-order valence-corrected chi connectivity index (χ0v) is 11.5. The van der Waals surface area contributed by atoms with Crippen molar-refractivity contribution in [1.82, 2.24) is 5.32 Å². The molecule has 0 aromatic heterocycles. The van der Waals surface area contributed by atoms with E-state index in [1.54, 1.807) is 19.1 Å². The summed E-state index contributed by atoms with van der Waals surface area (Å²) in [6.07, 6.45) is 3.95. The highest BCUT2D eigenvalue weighted by molar-refractivity contribution is 6.30. The number of rotatable bonds is 6. The zero-order chi connectivity index (χ0) is 14.3. The van der Waals surface area contributed by atoms with Crippen LogP contribution in [0.4, 0.5) is 4.39 Å². The van der Waals surface area contributed by atoms with Gasteiger partial charge in [0.2, 0.25) is 5.91 Å². The summed E-state index contributed by atoms with van der Waals surface area (Å²) >= 11 is 5.63. The van der Waals surface area contributed by atoms with Crippen LogP contribution in [0.1, 0.15) is 25.3 Å². The van der Waals surface area contributed by atoms with Crippen molar-refractivity contribution >= 4 is 23.6 Å². The number of halogens is 2. The zero-order valence-electron chi connectivity index (χ0n) is 10.7. The van der Waals surface area contributed by atoms with Gasteiger partial charge in [0.15, 0.2) is 0 Å². The SMILES string of the molecule is CC(O)CCCNC(=O)/C=C/c1ccc(F)c(Cl)c1. The molecule has 0 aliphatic heterocycles. The van der Waals surface area contributed by atoms with E-state index in [0.717, 1.165) is 6.42 Å². The predicted molar refractivity (Wildman–Crippen MR) is 74.4 cm³/mol. The molecule has 1 amide bonds. The molecule has 0 radical (unpaired) electrons. The molecule has 0 fully saturated rings. The molecule has 3 nitrogen and oxygen atoms in total. The highest BCUT2D eigenvalue weighted by Gasteiger charge is 2.00. The number of amides is 1. The Kier molecular flexibility index (Phi) is 6.53. The summed E-state index contributed by atoms with van der Waals surface area (Å²) in [5.41, 5.74) is 0.658. The summed E-state index contributed by atoms with van der Waals surface area (Å²) in [6, 6.07) is 4.25. The maximum Gasteiger partial charge on any atom is 0.243 e. The van der Waals surface area contributed by atoms with E-state index in [0.29, 0.717) is 18.5 Å². The van der Waals surface area contributed by atoms with Gasteiger partial charge in [0.25, 0.3) is 0 Å². The lowest BCUT2D eigenvalue weighted by atomic mass is 10.2. The number of hydrogen-bond acceptors (Lipinski definition) is 2. The number of carbonyl (C=O) groups excluding carboxylic acids is 1. The molecule has 0 aliphatic carbocycles. The van der Waals surface area contributed by atoms with E-state index in [4.69, 9.17) is 16.7 Å². The standard InChI is InChI=1S/C14H17ClFNO2/c1-10(18)3-2-8-17-14(19)7-5-11-4-6-13(16)12(15)9-11/h4-7,9-10,18H,2-3,8H2,1H3,(H,17,19)/b7-5+. The number of benzene rings is 1. The van der Waals surface area contributed by atoms with Crippen molar-refractivity contribution in [1.29, 1.82) is 0 Å². The van der Waals surface area contributed by atoms with E-state index in [1.165, 1.54) is 18.2 Å². The van der Waals surface area contributed by atoms with Crippen molar-refractivity contribution in [3.8, 4) is 0 Å². The Bertz CT molecular complexity index is 461. The number of nitrogens with one attached hydrogen (secondary N) is 1. The van der Waals surface area contributed by atoms with Gasteiger partial charge < -0.3 is 10.4 Å². The first-order valence-electron chi connectivity index (χ1n) is 6.08. The lowest BCUT2D eigenvalue weighted by Gasteiger charge is -2.04. The summed E-state index contributed by atoms with van der Waals surface area (Å²) in [7, 11) is 0. The molecule has 1 aromatic rings. The molecular formula is C14H17ClFNO2. The van der Waals surface area contributed by atoms with Crippen LogP contribution in [0.2, 0.25) is 5.02 Å². The maximum atomic E-state index is 12.9. The van der Waals surface area contributed by atoms with E-state index in [1.807, 2.05) is 0 Å². The van der Waals surface area contributed by atoms with Gasteiger partial charge in [-0.05, 0) is 43.5 Å². The number of aliphatic hydroxyl groups is 1. The van der Waals surface area contributed by atoms with Crippen LogP contribution in [-0.2, 0) is 4.79 Å². The van der Waals surface area contributed by atoms with Crippen LogP contribution in [0.3, 0.4) is 0 Å². The predicted octanol–water partition coefficient (Wildman–Crippen LogP) is 2.77. The van der Waals surface area contributed by atoms with E-state index in [-0.39, 0.29) is 17.0 Å². The van der Waals surface area contributed by atoms with Gasteiger partial charge in [0.05, 0.1) is 11.1 Å². The van der Waals surface area contributed by atoms with Crippen LogP contribution in [-0.4, -0.2) is 23.7 Å². The van der Waals surface area contributed by atoms with Crippen LogP contribution in [0.5, 0.6) is 0 Å². The summed E-state index contributed by atoms with van der Waals surface area (Å²) < 4.78 is 12.9. The first-order chi connectivity index (χ1) is 8.99. The highest BCUT2D eigenvalue weighted by atomic mass is 35.5. The minimum atomic E-state index is -0.485. The van der Waals surface area contributed by atoms with Crippen molar-refractivity contribution in [2.24, 2.45) is 0 Å². The van der Waals surface area contributed by atoms with E-state index in [2.05, 4.69) is 5.32 Å². The molecule has 2 N–H and O–H groups in total. The van der Waals surface area contributed by atoms with Crippen LogP contribution in [0.25, 0.3) is 6.08 Å². The molecule has 1 unspecified atom stereocenters. The van der Waals surface area contributed by atoms with Crippen molar-refractivity contribution in [2.75, 3.05) is 6.54 Å². The summed E-state index contributed by atoms with van der Waals surface area (Å²) in [4.78, 5) is 11.4. The summed E-state index contributed by atoms with van der Waals surface area (Å²) in [6.45, 7) is 2.22. The first-order valence-corrected chi connectivity index (χ1v) is 6.46. The highest BCUT2D eigenvalue weighted by Crippen LogP contribution is 2.16. The van der Waals surface area contributed by atoms with Crippen molar-refractivity contribution < 1.29 is 14.3 Å². The Labute approximate surface area is 117 Å². The molecular weight excluding hydrogens is 269 g/mol. The molecule has 1 aromatic carbocycles. The Morgan fingerprint density at radius 1 is 1.58 bits per heavy atom. The molecule has 5 heteroatoms. The number of carbonyl (C=O) groups is 1. The van der Waals surface area contributed by atoms with Gasteiger partial charge in [-0.1, -0.05) is 17.7 Å². The molecule has 0 spiro atoms. The Balaban J connectivity index is 2.39. The third kappa shape index (κ3) is 6.36. The van der Waals surface area contributed by atoms with Crippen molar-refractivity contribution in [3.05, 3.63) is 40.7 Å². The Morgan fingerprint density at radius 3 is 2.95 bits per heavy atom. The third-order valence-corrected chi connectivity index (χ3v) is 2.76. The Morgan fingerprint density at radius 2 is 2.32 bits per heavy atom. The fourth-order valence-corrected chi connectivity index (χ4v) is 1.64. The second-order valence-electron chi connectivity index (χ2n) is 4.29. The fraction of sp³-hybridized carbons (Fsp3) is 0.357. The van der Waals surface area contributed by atoms with Gasteiger partial charge in [-0.15, -0.1) is 0 Å². The molecule has 0 aliphatic rings. The molecule has 104 valence electrons. The molecule has 1 atom stereocenters. The summed E-state index contributed by atoms with van der Waals surface area (Å²) in [5.74, 6) is -0.715. The van der Waals surface area contributed by atoms with Gasteiger partial charge in [-0.3, -0.25) is 4.79 Å². The largest absolute Gasteiger partial charge is 0.393 e. The van der Waals surface area contributed by atoms with Gasteiger partial charge in [-0.25, -0.2) is 4.39 Å². The van der Waals surface area contributed by atoms with Crippen molar-refractivity contribution in [2.45, 2.75) is 25.9 Å². The number of aliphatic hydroxyl groups excluding tert-OH is 1. The van der Waals surface area contributed by atoms with Crippen molar-refractivity contribution in [3.63, 3.8) is 0 Å². The van der Waals surface area contributed by atoms with Gasteiger partial charge in [0.1, 0.15) is 5.82 Å². The van der Waals surface area contributed by atoms with E-state index >= 15 is 0 Å². The van der Waals surface area contributed by atoms with E-state index < -0.39 is 5.82 Å². The summed E-state index contributed by atoms with van der Waals surface area (Å²) in [5, 5.41) is 11.8. The van der Waals surface area contributed by atoms with Crippen LogP contribution >= 0.6 is 11.6 Å². The maximum absolute atomic E-state index is 12.9. The molecule has 1 rings (SSSR count). The van der Waals surface area contributed by atoms with E-state index in [9.17, 15) is 9.18 Å². The third-order valence-electron chi connectivity index (χ3n) is 2.47. The monoisotopic (exact) mass is 285 g/mol. The smallest absolute Gasteiger partial charge is 0.243 e. The molecule has 19 heavy (non-hydrogen) atoms. The normalized spacial score (nSPS) is 12.6. The Hall–Kier alpha value is -1.39. The van der Waals surface area contributed by atoms with Crippen LogP contribution in [0, 0.1) is 5.82 Å². The average Bonchev–Trinajstić information content (AvgIpc) is 2.36. The van der Waals surface area contributed by atoms with Crippen LogP contribution < -0.4 is 5.32 Å². The molecule has 0 bridgehead atoms. The second-order valence-corrected chi connectivity index (χ2v) is 4.70. The quantitative estimate of drug-likeness (QED) is 0.624. The van der Waals surface area contributed by atoms with Gasteiger partial charge in [-0.2, -0.15) is 0 Å². The van der Waals surface area contributed by atoms with Gasteiger partial charge >= 0.3 is 0 Å². The van der Waals surface area contributed by atoms with Gasteiger partial charge in [0, 0.05) is 12.6 Å². The molecule has 0 saturated heterocycles. The fourth-order valence-electron chi connectivity index (χ4n) is 1.46.